The number of carboxylic acid groups (broad SMARTS) is 1. The lowest BCUT2D eigenvalue weighted by Crippen LogP contribution is -1.99. The van der Waals surface area contributed by atoms with Crippen LogP contribution < -0.4 is 0 Å². The van der Waals surface area contributed by atoms with Crippen LogP contribution in [-0.4, -0.2) is 18.2 Å². The van der Waals surface area contributed by atoms with Crippen LogP contribution in [0.1, 0.15) is 16.1 Å². The Morgan fingerprint density at radius 3 is 2.88 bits per heavy atom. The quantitative estimate of drug-likeness (QED) is 0.946. The van der Waals surface area contributed by atoms with Crippen molar-refractivity contribution in [3.8, 4) is 0 Å². The monoisotopic (exact) mass is 302 g/mol. The zero-order chi connectivity index (χ0) is 12.6. The van der Waals surface area contributed by atoms with Gasteiger partial charge in [0.05, 0.1) is 6.61 Å². The maximum absolute atomic E-state index is 13.6. The van der Waals surface area contributed by atoms with E-state index in [2.05, 4.69) is 15.9 Å². The van der Waals surface area contributed by atoms with Crippen molar-refractivity contribution in [3.05, 3.63) is 33.7 Å². The maximum atomic E-state index is 13.6. The third-order valence-corrected chi connectivity index (χ3v) is 2.75. The molecule has 2 rings (SSSR count). The molecule has 0 saturated carbocycles. The summed E-state index contributed by atoms with van der Waals surface area (Å²) in [6.07, 6.45) is 0. The Balaban J connectivity index is 2.79. The van der Waals surface area contributed by atoms with Crippen LogP contribution in [0.3, 0.4) is 0 Å². The van der Waals surface area contributed by atoms with Gasteiger partial charge in [0.2, 0.25) is 5.76 Å². The van der Waals surface area contributed by atoms with Crippen LogP contribution >= 0.6 is 15.9 Å². The number of methoxy groups -OCH3 is 1. The number of benzene rings is 1. The molecule has 0 radical (unpaired) electrons. The summed E-state index contributed by atoms with van der Waals surface area (Å²) in [4.78, 5) is 11.0. The van der Waals surface area contributed by atoms with Crippen LogP contribution in [-0.2, 0) is 11.3 Å². The summed E-state index contributed by atoms with van der Waals surface area (Å²) in [5.41, 5.74) is 0.257. The van der Waals surface area contributed by atoms with Crippen molar-refractivity contribution in [2.45, 2.75) is 6.61 Å². The van der Waals surface area contributed by atoms with Crippen molar-refractivity contribution in [1.29, 1.82) is 0 Å². The number of rotatable bonds is 3. The van der Waals surface area contributed by atoms with E-state index in [1.54, 1.807) is 6.07 Å². The van der Waals surface area contributed by atoms with Gasteiger partial charge in [0.15, 0.2) is 11.4 Å². The predicted molar refractivity (Wildman–Crippen MR) is 61.5 cm³/mol. The first-order chi connectivity index (χ1) is 8.04. The van der Waals surface area contributed by atoms with Gasteiger partial charge < -0.3 is 14.3 Å². The van der Waals surface area contributed by atoms with E-state index in [1.165, 1.54) is 13.2 Å². The molecular weight excluding hydrogens is 295 g/mol. The third-order valence-electron chi connectivity index (χ3n) is 2.29. The lowest BCUT2D eigenvalue weighted by Gasteiger charge is -1.98. The van der Waals surface area contributed by atoms with Gasteiger partial charge in [-0.3, -0.25) is 0 Å². The van der Waals surface area contributed by atoms with E-state index in [4.69, 9.17) is 14.3 Å². The first kappa shape index (κ1) is 12.1. The smallest absolute Gasteiger partial charge is 0.372 e. The highest BCUT2D eigenvalue weighted by molar-refractivity contribution is 9.10. The lowest BCUT2D eigenvalue weighted by molar-refractivity contribution is 0.0658. The normalized spacial score (nSPS) is 11.0. The van der Waals surface area contributed by atoms with Gasteiger partial charge in [0.1, 0.15) is 0 Å². The average Bonchev–Trinajstić information content (AvgIpc) is 2.58. The zero-order valence-electron chi connectivity index (χ0n) is 8.79. The van der Waals surface area contributed by atoms with Gasteiger partial charge in [-0.05, 0) is 12.1 Å². The van der Waals surface area contributed by atoms with Crippen LogP contribution in [0, 0.1) is 5.82 Å². The van der Waals surface area contributed by atoms with E-state index in [-0.39, 0.29) is 18.0 Å². The topological polar surface area (TPSA) is 59.7 Å². The molecule has 17 heavy (non-hydrogen) atoms. The molecule has 1 aromatic heterocycles. The van der Waals surface area contributed by atoms with Gasteiger partial charge in [-0.25, -0.2) is 9.18 Å². The number of fused-ring (bicyclic) bond motifs is 1. The molecule has 4 nitrogen and oxygen atoms in total. The van der Waals surface area contributed by atoms with E-state index in [0.717, 1.165) is 0 Å². The average molecular weight is 303 g/mol. The first-order valence-corrected chi connectivity index (χ1v) is 5.46. The van der Waals surface area contributed by atoms with Crippen molar-refractivity contribution in [1.82, 2.24) is 0 Å². The molecule has 1 heterocycles. The molecular formula is C11H8BrFO4. The Labute approximate surface area is 104 Å². The van der Waals surface area contributed by atoms with Crippen LogP contribution in [0.25, 0.3) is 11.0 Å². The molecule has 2 aromatic rings. The number of halogens is 2. The molecule has 0 fully saturated rings. The highest BCUT2D eigenvalue weighted by Crippen LogP contribution is 2.31. The highest BCUT2D eigenvalue weighted by Gasteiger charge is 2.22. The van der Waals surface area contributed by atoms with Gasteiger partial charge in [-0.2, -0.15) is 0 Å². The number of carboxylic acids is 1. The number of ether oxygens (including phenoxy) is 1. The molecule has 0 bridgehead atoms. The van der Waals surface area contributed by atoms with Gasteiger partial charge in [-0.15, -0.1) is 0 Å². The van der Waals surface area contributed by atoms with E-state index >= 15 is 0 Å². The van der Waals surface area contributed by atoms with E-state index in [1.807, 2.05) is 0 Å². The summed E-state index contributed by atoms with van der Waals surface area (Å²) in [6.45, 7) is 0.0462. The number of hydrogen-bond donors (Lipinski definition) is 1. The molecule has 0 aliphatic heterocycles. The van der Waals surface area contributed by atoms with Gasteiger partial charge in [0, 0.05) is 22.5 Å². The largest absolute Gasteiger partial charge is 0.475 e. The number of aromatic carboxylic acids is 1. The Bertz CT molecular complexity index is 591. The van der Waals surface area contributed by atoms with Crippen molar-refractivity contribution < 1.29 is 23.4 Å². The summed E-state index contributed by atoms with van der Waals surface area (Å²) in [5, 5.41) is 9.37. The Kier molecular flexibility index (Phi) is 3.17. The summed E-state index contributed by atoms with van der Waals surface area (Å²) < 4.78 is 24.0. The van der Waals surface area contributed by atoms with Crippen molar-refractivity contribution in [2.75, 3.05) is 7.11 Å². The van der Waals surface area contributed by atoms with Crippen LogP contribution in [0.4, 0.5) is 4.39 Å². The molecule has 0 amide bonds. The second kappa shape index (κ2) is 4.46. The Morgan fingerprint density at radius 1 is 1.59 bits per heavy atom. The number of furan rings is 1. The molecule has 0 unspecified atom stereocenters. The predicted octanol–water partition coefficient (Wildman–Crippen LogP) is 3.18. The van der Waals surface area contributed by atoms with E-state index in [0.29, 0.717) is 15.4 Å². The standard InChI is InChI=1S/C11H8BrFO4/c1-16-4-7-6-2-5(12)3-8(13)9(6)17-10(7)11(14)15/h2-3H,4H2,1H3,(H,14,15). The van der Waals surface area contributed by atoms with Crippen LogP contribution in [0.2, 0.25) is 0 Å². The SMILES string of the molecule is COCc1c(C(=O)O)oc2c(F)cc(Br)cc12. The molecule has 90 valence electrons. The summed E-state index contributed by atoms with van der Waals surface area (Å²) in [6, 6.07) is 2.82. The molecule has 0 saturated heterocycles. The molecule has 6 heteroatoms. The minimum atomic E-state index is -1.25. The second-order valence-corrected chi connectivity index (χ2v) is 4.33. The maximum Gasteiger partial charge on any atom is 0.372 e. The van der Waals surface area contributed by atoms with Crippen LogP contribution in [0.15, 0.2) is 21.0 Å². The van der Waals surface area contributed by atoms with Gasteiger partial charge >= 0.3 is 5.97 Å². The fourth-order valence-electron chi connectivity index (χ4n) is 1.63. The second-order valence-electron chi connectivity index (χ2n) is 3.41. The fourth-order valence-corrected chi connectivity index (χ4v) is 2.06. The Morgan fingerprint density at radius 2 is 2.29 bits per heavy atom. The van der Waals surface area contributed by atoms with Gasteiger partial charge in [-0.1, -0.05) is 15.9 Å². The highest BCUT2D eigenvalue weighted by atomic mass is 79.9. The summed E-state index contributed by atoms with van der Waals surface area (Å²) in [7, 11) is 1.43. The van der Waals surface area contributed by atoms with Crippen molar-refractivity contribution in [3.63, 3.8) is 0 Å². The molecule has 1 N–H and O–H groups in total. The van der Waals surface area contributed by atoms with Crippen molar-refractivity contribution >= 4 is 32.9 Å². The summed E-state index contributed by atoms with van der Waals surface area (Å²) in [5.74, 6) is -2.15. The molecule has 0 spiro atoms. The Hall–Kier alpha value is -1.40. The fraction of sp³-hybridized carbons (Fsp3) is 0.182. The zero-order valence-corrected chi connectivity index (χ0v) is 10.4. The van der Waals surface area contributed by atoms with Crippen molar-refractivity contribution in [2.24, 2.45) is 0 Å². The number of hydrogen-bond acceptors (Lipinski definition) is 3. The molecule has 0 aliphatic carbocycles. The first-order valence-electron chi connectivity index (χ1n) is 4.67. The third kappa shape index (κ3) is 2.05. The van der Waals surface area contributed by atoms with Crippen LogP contribution in [0.5, 0.6) is 0 Å². The minimum Gasteiger partial charge on any atom is -0.475 e. The minimum absolute atomic E-state index is 0.0462. The molecule has 0 aliphatic rings. The lowest BCUT2D eigenvalue weighted by atomic mass is 10.1. The number of carbonyl (C=O) groups is 1. The molecule has 1 aromatic carbocycles. The summed E-state index contributed by atoms with van der Waals surface area (Å²) >= 11 is 3.14. The van der Waals surface area contributed by atoms with E-state index < -0.39 is 11.8 Å². The molecule has 0 atom stereocenters. The van der Waals surface area contributed by atoms with E-state index in [9.17, 15) is 9.18 Å². The van der Waals surface area contributed by atoms with Gasteiger partial charge in [0.25, 0.3) is 0 Å².